The third-order valence-corrected chi connectivity index (χ3v) is 3.53. The van der Waals surface area contributed by atoms with Gasteiger partial charge in [-0.1, -0.05) is 6.92 Å². The maximum atomic E-state index is 11.9. The molecule has 110 valence electrons. The van der Waals surface area contributed by atoms with Crippen LogP contribution in [0, 0.1) is 0 Å². The summed E-state index contributed by atoms with van der Waals surface area (Å²) >= 11 is 0. The maximum Gasteiger partial charge on any atom is 0.236 e. The Morgan fingerprint density at radius 3 is 3.05 bits per heavy atom. The van der Waals surface area contributed by atoms with Gasteiger partial charge in [0.25, 0.3) is 0 Å². The average molecular weight is 276 g/mol. The van der Waals surface area contributed by atoms with E-state index < -0.39 is 0 Å². The molecule has 1 fully saturated rings. The van der Waals surface area contributed by atoms with Gasteiger partial charge < -0.3 is 10.2 Å². The molecule has 0 aliphatic carbocycles. The van der Waals surface area contributed by atoms with Crippen molar-refractivity contribution in [3.05, 3.63) is 24.0 Å². The van der Waals surface area contributed by atoms with Crippen molar-refractivity contribution in [1.82, 2.24) is 14.8 Å². The molecule has 0 aromatic carbocycles. The minimum Gasteiger partial charge on any atom is -0.385 e. The van der Waals surface area contributed by atoms with Crippen molar-refractivity contribution < 1.29 is 4.79 Å². The summed E-state index contributed by atoms with van der Waals surface area (Å²) in [6.45, 7) is 6.14. The minimum absolute atomic E-state index is 0.197. The average Bonchev–Trinajstić information content (AvgIpc) is 2.59. The van der Waals surface area contributed by atoms with Crippen molar-refractivity contribution in [3.8, 4) is 0 Å². The molecule has 1 aliphatic rings. The molecule has 1 aromatic heterocycles. The summed E-state index contributed by atoms with van der Waals surface area (Å²) in [5.41, 5.74) is 2.12. The number of anilines is 1. The zero-order chi connectivity index (χ0) is 14.4. The fourth-order valence-corrected chi connectivity index (χ4v) is 2.36. The standard InChI is InChI=1S/C15H24N4O/c1-3-6-16-13-5-7-17-14(10-13)11-19-9-4-8-18(2)15(20)12-19/h5,7,10H,3-4,6,8-9,11-12H2,1-2H3,(H,16,17). The Balaban J connectivity index is 1.96. The van der Waals surface area contributed by atoms with Crippen LogP contribution in [0.3, 0.4) is 0 Å². The van der Waals surface area contributed by atoms with Crippen molar-refractivity contribution in [3.63, 3.8) is 0 Å². The number of nitrogens with one attached hydrogen (secondary N) is 1. The summed E-state index contributed by atoms with van der Waals surface area (Å²) < 4.78 is 0. The molecule has 20 heavy (non-hydrogen) atoms. The number of aromatic nitrogens is 1. The molecule has 0 bridgehead atoms. The molecule has 5 nitrogen and oxygen atoms in total. The first-order chi connectivity index (χ1) is 9.69. The van der Waals surface area contributed by atoms with Crippen LogP contribution in [-0.4, -0.2) is 53.9 Å². The highest BCUT2D eigenvalue weighted by atomic mass is 16.2. The van der Waals surface area contributed by atoms with Crippen molar-refractivity contribution in [2.45, 2.75) is 26.3 Å². The predicted octanol–water partition coefficient (Wildman–Crippen LogP) is 1.57. The smallest absolute Gasteiger partial charge is 0.236 e. The van der Waals surface area contributed by atoms with E-state index in [1.807, 2.05) is 24.2 Å². The van der Waals surface area contributed by atoms with Crippen LogP contribution >= 0.6 is 0 Å². The van der Waals surface area contributed by atoms with Crippen LogP contribution in [0.25, 0.3) is 0 Å². The van der Waals surface area contributed by atoms with Gasteiger partial charge in [0, 0.05) is 45.1 Å². The highest BCUT2D eigenvalue weighted by molar-refractivity contribution is 5.78. The Bertz CT molecular complexity index is 449. The SMILES string of the molecule is CCCNc1ccnc(CN2CCCN(C)C(=O)C2)c1. The van der Waals surface area contributed by atoms with Crippen molar-refractivity contribution in [2.24, 2.45) is 0 Å². The van der Waals surface area contributed by atoms with Crippen LogP contribution < -0.4 is 5.32 Å². The van der Waals surface area contributed by atoms with Gasteiger partial charge in [-0.2, -0.15) is 0 Å². The molecule has 1 aliphatic heterocycles. The van der Waals surface area contributed by atoms with Gasteiger partial charge >= 0.3 is 0 Å². The van der Waals surface area contributed by atoms with Crippen LogP contribution in [0.1, 0.15) is 25.5 Å². The van der Waals surface area contributed by atoms with E-state index in [-0.39, 0.29) is 5.91 Å². The second kappa shape index (κ2) is 7.24. The summed E-state index contributed by atoms with van der Waals surface area (Å²) in [5, 5.41) is 3.37. The summed E-state index contributed by atoms with van der Waals surface area (Å²) in [7, 11) is 1.87. The first-order valence-electron chi connectivity index (χ1n) is 7.34. The van der Waals surface area contributed by atoms with Crippen molar-refractivity contribution in [2.75, 3.05) is 38.5 Å². The van der Waals surface area contributed by atoms with Crippen molar-refractivity contribution in [1.29, 1.82) is 0 Å². The molecule has 0 atom stereocenters. The molecule has 1 aromatic rings. The quantitative estimate of drug-likeness (QED) is 0.887. The van der Waals surface area contributed by atoms with Gasteiger partial charge in [0.15, 0.2) is 0 Å². The molecule has 0 unspecified atom stereocenters. The van der Waals surface area contributed by atoms with Crippen LogP contribution in [0.5, 0.6) is 0 Å². The Morgan fingerprint density at radius 2 is 2.25 bits per heavy atom. The van der Waals surface area contributed by atoms with Gasteiger partial charge in [0.1, 0.15) is 0 Å². The molecule has 2 rings (SSSR count). The van der Waals surface area contributed by atoms with Gasteiger partial charge in [-0.15, -0.1) is 0 Å². The fraction of sp³-hybridized carbons (Fsp3) is 0.600. The number of hydrogen-bond donors (Lipinski definition) is 1. The molecular formula is C15H24N4O. The van der Waals surface area contributed by atoms with E-state index in [9.17, 15) is 4.79 Å². The highest BCUT2D eigenvalue weighted by Crippen LogP contribution is 2.12. The molecule has 1 saturated heterocycles. The monoisotopic (exact) mass is 276 g/mol. The third-order valence-electron chi connectivity index (χ3n) is 3.53. The van der Waals surface area contributed by atoms with Gasteiger partial charge in [0.05, 0.1) is 12.2 Å². The lowest BCUT2D eigenvalue weighted by Gasteiger charge is -2.19. The highest BCUT2D eigenvalue weighted by Gasteiger charge is 2.19. The Hall–Kier alpha value is -1.62. The van der Waals surface area contributed by atoms with E-state index in [0.29, 0.717) is 6.54 Å². The molecule has 0 radical (unpaired) electrons. The number of pyridine rings is 1. The first kappa shape index (κ1) is 14.8. The first-order valence-corrected chi connectivity index (χ1v) is 7.34. The lowest BCUT2D eigenvalue weighted by molar-refractivity contribution is -0.130. The Morgan fingerprint density at radius 1 is 1.40 bits per heavy atom. The summed E-state index contributed by atoms with van der Waals surface area (Å²) in [6.07, 6.45) is 3.96. The summed E-state index contributed by atoms with van der Waals surface area (Å²) in [5.74, 6) is 0.197. The van der Waals surface area contributed by atoms with Crippen LogP contribution in [-0.2, 0) is 11.3 Å². The van der Waals surface area contributed by atoms with Crippen molar-refractivity contribution >= 4 is 11.6 Å². The molecule has 2 heterocycles. The number of likely N-dealkylation sites (N-methyl/N-ethyl adjacent to an activating group) is 1. The Labute approximate surface area is 121 Å². The number of nitrogens with zero attached hydrogens (tertiary/aromatic N) is 3. The van der Waals surface area contributed by atoms with Gasteiger partial charge in [0.2, 0.25) is 5.91 Å². The molecule has 0 spiro atoms. The maximum absolute atomic E-state index is 11.9. The second-order valence-corrected chi connectivity index (χ2v) is 5.34. The largest absolute Gasteiger partial charge is 0.385 e. The number of amides is 1. The van der Waals surface area contributed by atoms with E-state index in [1.165, 1.54) is 0 Å². The molecule has 1 amide bonds. The molecule has 0 saturated carbocycles. The predicted molar refractivity (Wildman–Crippen MR) is 80.5 cm³/mol. The second-order valence-electron chi connectivity index (χ2n) is 5.34. The number of rotatable bonds is 5. The Kier molecular flexibility index (Phi) is 5.35. The van der Waals surface area contributed by atoms with E-state index in [1.54, 1.807) is 0 Å². The minimum atomic E-state index is 0.197. The zero-order valence-corrected chi connectivity index (χ0v) is 12.4. The number of carbonyl (C=O) groups is 1. The zero-order valence-electron chi connectivity index (χ0n) is 12.4. The summed E-state index contributed by atoms with van der Waals surface area (Å²) in [4.78, 5) is 20.3. The van der Waals surface area contributed by atoms with Crippen LogP contribution in [0.4, 0.5) is 5.69 Å². The van der Waals surface area contributed by atoms with Gasteiger partial charge in [-0.3, -0.25) is 14.7 Å². The van der Waals surface area contributed by atoms with Gasteiger partial charge in [-0.05, 0) is 25.0 Å². The molecule has 5 heteroatoms. The summed E-state index contributed by atoms with van der Waals surface area (Å²) in [6, 6.07) is 4.06. The van der Waals surface area contributed by atoms with E-state index in [4.69, 9.17) is 0 Å². The van der Waals surface area contributed by atoms with Gasteiger partial charge in [-0.25, -0.2) is 0 Å². The number of hydrogen-bond acceptors (Lipinski definition) is 4. The van der Waals surface area contributed by atoms with E-state index in [2.05, 4.69) is 28.2 Å². The molecule has 1 N–H and O–H groups in total. The fourth-order valence-electron chi connectivity index (χ4n) is 2.36. The topological polar surface area (TPSA) is 48.5 Å². The van der Waals surface area contributed by atoms with Crippen LogP contribution in [0.15, 0.2) is 18.3 Å². The normalized spacial score (nSPS) is 17.1. The van der Waals surface area contributed by atoms with E-state index >= 15 is 0 Å². The van der Waals surface area contributed by atoms with E-state index in [0.717, 1.165) is 50.4 Å². The number of carbonyl (C=O) groups excluding carboxylic acids is 1. The lowest BCUT2D eigenvalue weighted by Crippen LogP contribution is -2.34. The lowest BCUT2D eigenvalue weighted by atomic mass is 10.2. The molecular weight excluding hydrogens is 252 g/mol. The van der Waals surface area contributed by atoms with Crippen LogP contribution in [0.2, 0.25) is 0 Å². The third kappa shape index (κ3) is 4.20.